The lowest BCUT2D eigenvalue weighted by Crippen LogP contribution is -2.48. The summed E-state index contributed by atoms with van der Waals surface area (Å²) in [6.07, 6.45) is 9.66. The van der Waals surface area contributed by atoms with E-state index >= 15 is 0 Å². The molecule has 3 aromatic carbocycles. The maximum absolute atomic E-state index is 14.8. The molecule has 4 aliphatic heterocycles. The van der Waals surface area contributed by atoms with Crippen LogP contribution < -0.4 is 25.1 Å². The van der Waals surface area contributed by atoms with E-state index in [0.29, 0.717) is 39.8 Å². The number of ether oxygens (including phenoxy) is 1. The van der Waals surface area contributed by atoms with Crippen LogP contribution >= 0.6 is 0 Å². The number of carbonyl (C=O) groups is 1. The van der Waals surface area contributed by atoms with Gasteiger partial charge in [0.15, 0.2) is 0 Å². The Labute approximate surface area is 306 Å². The highest BCUT2D eigenvalue weighted by molar-refractivity contribution is 6.13. The van der Waals surface area contributed by atoms with E-state index < -0.39 is 22.9 Å². The van der Waals surface area contributed by atoms with Crippen molar-refractivity contribution in [2.45, 2.75) is 70.0 Å². The van der Waals surface area contributed by atoms with Crippen LogP contribution in [0.4, 0.5) is 30.2 Å². The SMILES string of the molecule is C=C/C=C\C1=C(C)C(=O)N(c2ccc3c(C(F)(F)F)cc(=O)oc3c2)C12c1ccc(N3CCCCCC3)cc1Oc1cc(N3CCCCCC3)ccc12. The van der Waals surface area contributed by atoms with Crippen LogP contribution in [-0.2, 0) is 16.5 Å². The Morgan fingerprint density at radius 2 is 1.28 bits per heavy atom. The molecule has 1 amide bonds. The molecule has 0 saturated carbocycles. The van der Waals surface area contributed by atoms with Gasteiger partial charge in [0.05, 0.1) is 5.56 Å². The molecule has 274 valence electrons. The number of amides is 1. The van der Waals surface area contributed by atoms with E-state index in [-0.39, 0.29) is 22.6 Å². The molecule has 1 aromatic heterocycles. The number of nitrogens with zero attached hydrogens (tertiary/aromatic N) is 3. The molecule has 0 atom stereocenters. The fourth-order valence-corrected chi connectivity index (χ4v) is 8.71. The Balaban J connectivity index is 1.39. The van der Waals surface area contributed by atoms with E-state index in [0.717, 1.165) is 63.2 Å². The molecule has 0 bridgehead atoms. The first-order valence-corrected chi connectivity index (χ1v) is 18.6. The van der Waals surface area contributed by atoms with Gasteiger partial charge in [-0.3, -0.25) is 9.69 Å². The summed E-state index contributed by atoms with van der Waals surface area (Å²) in [4.78, 5) is 33.6. The Kier molecular flexibility index (Phi) is 8.95. The second-order valence-corrected chi connectivity index (χ2v) is 14.4. The summed E-state index contributed by atoms with van der Waals surface area (Å²) >= 11 is 0. The molecule has 4 aromatic rings. The molecule has 0 N–H and O–H groups in total. The van der Waals surface area contributed by atoms with Gasteiger partial charge in [0.1, 0.15) is 22.6 Å². The Morgan fingerprint density at radius 3 is 1.81 bits per heavy atom. The number of anilines is 3. The van der Waals surface area contributed by atoms with E-state index in [9.17, 15) is 22.8 Å². The first-order valence-electron chi connectivity index (χ1n) is 18.6. The molecule has 0 radical (unpaired) electrons. The number of fused-ring (bicyclic) bond motifs is 5. The molecule has 5 heterocycles. The fraction of sp³-hybridized carbons (Fsp3) is 0.349. The maximum Gasteiger partial charge on any atom is 0.417 e. The average Bonchev–Trinajstić information content (AvgIpc) is 3.49. The van der Waals surface area contributed by atoms with Gasteiger partial charge in [-0.15, -0.1) is 0 Å². The van der Waals surface area contributed by atoms with Crippen LogP contribution in [0, 0.1) is 0 Å². The topological polar surface area (TPSA) is 66.2 Å². The molecule has 0 aliphatic carbocycles. The molecular weight excluding hydrogens is 679 g/mol. The third-order valence-corrected chi connectivity index (χ3v) is 11.2. The number of alkyl halides is 3. The summed E-state index contributed by atoms with van der Waals surface area (Å²) in [5.41, 5.74) is 1.12. The van der Waals surface area contributed by atoms with Crippen LogP contribution in [0.2, 0.25) is 0 Å². The predicted octanol–water partition coefficient (Wildman–Crippen LogP) is 10.0. The van der Waals surface area contributed by atoms with E-state index in [4.69, 9.17) is 9.15 Å². The maximum atomic E-state index is 14.8. The molecule has 0 unspecified atom stereocenters. The minimum atomic E-state index is -4.78. The van der Waals surface area contributed by atoms with Gasteiger partial charge in [0, 0.05) is 89.6 Å². The molecule has 1 spiro atoms. The molecule has 10 heteroatoms. The summed E-state index contributed by atoms with van der Waals surface area (Å²) in [5.74, 6) is 0.848. The predicted molar refractivity (Wildman–Crippen MR) is 202 cm³/mol. The third kappa shape index (κ3) is 5.92. The standard InChI is InChI=1S/C43H42F3N3O4/c1-3-4-13-33-28(2)41(51)49(31-14-17-32-36(43(44,45)46)27-40(50)53-37(32)26-31)42(33)34-18-15-29(47-20-9-5-6-10-21-47)24-38(34)52-39-25-30(16-19-35(39)42)48-22-11-7-8-12-23-48/h3-4,13-19,24-27H,1,5-12,20-23H2,2H3/b13-4-. The van der Waals surface area contributed by atoms with E-state index in [1.807, 2.05) is 18.2 Å². The summed E-state index contributed by atoms with van der Waals surface area (Å²) < 4.78 is 54.5. The van der Waals surface area contributed by atoms with Crippen molar-refractivity contribution < 1.29 is 27.1 Å². The second-order valence-electron chi connectivity index (χ2n) is 14.4. The number of carbonyl (C=O) groups excluding carboxylic acids is 1. The molecule has 2 saturated heterocycles. The highest BCUT2D eigenvalue weighted by Crippen LogP contribution is 2.60. The molecule has 7 nitrogen and oxygen atoms in total. The van der Waals surface area contributed by atoms with Crippen molar-refractivity contribution in [2.75, 3.05) is 40.9 Å². The van der Waals surface area contributed by atoms with Crippen LogP contribution in [0.15, 0.2) is 106 Å². The monoisotopic (exact) mass is 721 g/mol. The van der Waals surface area contributed by atoms with Gasteiger partial charge in [-0.25, -0.2) is 4.79 Å². The first kappa shape index (κ1) is 34.8. The summed E-state index contributed by atoms with van der Waals surface area (Å²) in [6, 6.07) is 16.9. The van der Waals surface area contributed by atoms with Gasteiger partial charge < -0.3 is 19.0 Å². The normalized spacial score (nSPS) is 19.0. The van der Waals surface area contributed by atoms with Crippen molar-refractivity contribution in [1.82, 2.24) is 0 Å². The molecule has 53 heavy (non-hydrogen) atoms. The smallest absolute Gasteiger partial charge is 0.417 e. The number of benzene rings is 3. The second kappa shape index (κ2) is 13.6. The van der Waals surface area contributed by atoms with Gasteiger partial charge in [0.2, 0.25) is 0 Å². The largest absolute Gasteiger partial charge is 0.456 e. The van der Waals surface area contributed by atoms with Crippen molar-refractivity contribution in [2.24, 2.45) is 0 Å². The van der Waals surface area contributed by atoms with Crippen LogP contribution in [0.3, 0.4) is 0 Å². The van der Waals surface area contributed by atoms with E-state index in [1.54, 1.807) is 24.0 Å². The minimum absolute atomic E-state index is 0.265. The number of hydrogen-bond donors (Lipinski definition) is 0. The van der Waals surface area contributed by atoms with Gasteiger partial charge in [0.25, 0.3) is 5.91 Å². The molecule has 8 rings (SSSR count). The average molecular weight is 722 g/mol. The third-order valence-electron chi connectivity index (χ3n) is 11.2. The van der Waals surface area contributed by atoms with Crippen molar-refractivity contribution in [1.29, 1.82) is 0 Å². The zero-order chi connectivity index (χ0) is 36.9. The van der Waals surface area contributed by atoms with Crippen LogP contribution in [0.25, 0.3) is 11.0 Å². The summed E-state index contributed by atoms with van der Waals surface area (Å²) in [7, 11) is 0. The molecule has 2 fully saturated rings. The highest BCUT2D eigenvalue weighted by atomic mass is 19.4. The highest BCUT2D eigenvalue weighted by Gasteiger charge is 2.57. The van der Waals surface area contributed by atoms with Crippen molar-refractivity contribution in [3.63, 3.8) is 0 Å². The van der Waals surface area contributed by atoms with Crippen LogP contribution in [0.5, 0.6) is 11.5 Å². The first-order chi connectivity index (χ1) is 25.6. The Morgan fingerprint density at radius 1 is 0.736 bits per heavy atom. The number of allylic oxidation sites excluding steroid dienone is 2. The lowest BCUT2D eigenvalue weighted by molar-refractivity contribution is -0.136. The van der Waals surface area contributed by atoms with Gasteiger partial charge in [-0.1, -0.05) is 62.6 Å². The molecule has 4 aliphatic rings. The van der Waals surface area contributed by atoms with Crippen LogP contribution in [0.1, 0.15) is 75.0 Å². The zero-order valence-corrected chi connectivity index (χ0v) is 29.8. The Hall–Kier alpha value is -5.25. The minimum Gasteiger partial charge on any atom is -0.456 e. The van der Waals surface area contributed by atoms with Gasteiger partial charge >= 0.3 is 11.8 Å². The summed E-state index contributed by atoms with van der Waals surface area (Å²) in [5, 5.41) is -0.269. The fourth-order valence-electron chi connectivity index (χ4n) is 8.71. The van der Waals surface area contributed by atoms with Crippen molar-refractivity contribution in [3.8, 4) is 11.5 Å². The number of rotatable bonds is 5. The van der Waals surface area contributed by atoms with Crippen LogP contribution in [-0.4, -0.2) is 32.1 Å². The summed E-state index contributed by atoms with van der Waals surface area (Å²) in [6.45, 7) is 9.38. The van der Waals surface area contributed by atoms with Gasteiger partial charge in [-0.2, -0.15) is 13.2 Å². The number of halogens is 3. The molecular formula is C43H42F3N3O4. The Bertz CT molecular complexity index is 2150. The zero-order valence-electron chi connectivity index (χ0n) is 29.8. The lowest BCUT2D eigenvalue weighted by atomic mass is 9.73. The van der Waals surface area contributed by atoms with Crippen molar-refractivity contribution >= 4 is 33.9 Å². The lowest BCUT2D eigenvalue weighted by Gasteiger charge is -2.45. The van der Waals surface area contributed by atoms with Gasteiger partial charge in [-0.05, 0) is 62.4 Å². The number of hydrogen-bond acceptors (Lipinski definition) is 6. The van der Waals surface area contributed by atoms with E-state index in [2.05, 4.69) is 40.6 Å². The van der Waals surface area contributed by atoms with E-state index in [1.165, 1.54) is 43.9 Å². The quantitative estimate of drug-likeness (QED) is 0.151. The van der Waals surface area contributed by atoms with Crippen molar-refractivity contribution in [3.05, 3.63) is 124 Å².